The maximum atomic E-state index is 12.4. The summed E-state index contributed by atoms with van der Waals surface area (Å²) in [5.74, 6) is 0.00169. The third kappa shape index (κ3) is 4.98. The van der Waals surface area contributed by atoms with Crippen molar-refractivity contribution in [3.63, 3.8) is 0 Å². The Hall–Kier alpha value is -2.04. The van der Waals surface area contributed by atoms with Crippen LogP contribution in [0, 0.1) is 0 Å². The fourth-order valence-electron chi connectivity index (χ4n) is 2.27. The summed E-state index contributed by atoms with van der Waals surface area (Å²) in [6, 6.07) is 15.1. The summed E-state index contributed by atoms with van der Waals surface area (Å²) in [4.78, 5) is 14.2. The van der Waals surface area contributed by atoms with Crippen LogP contribution in [0.5, 0.6) is 0 Å². The number of carbonyl (C=O) groups is 1. The van der Waals surface area contributed by atoms with Crippen molar-refractivity contribution < 1.29 is 9.90 Å². The standard InChI is InChI=1S/C18H21ClN2O2/c1-2-21(12-14-6-4-3-5-7-14)18(23)11-20-17-10-15(13-22)8-9-16(17)19/h3-10,20,22H,2,11-13H2,1H3. The summed E-state index contributed by atoms with van der Waals surface area (Å²) < 4.78 is 0. The zero-order chi connectivity index (χ0) is 16.7. The number of carbonyl (C=O) groups excluding carboxylic acids is 1. The van der Waals surface area contributed by atoms with Gasteiger partial charge in [0.25, 0.3) is 0 Å². The Kier molecular flexibility index (Phi) is 6.44. The first-order chi connectivity index (χ1) is 11.1. The fourth-order valence-corrected chi connectivity index (χ4v) is 2.45. The lowest BCUT2D eigenvalue weighted by Gasteiger charge is -2.22. The van der Waals surface area contributed by atoms with Crippen molar-refractivity contribution in [2.24, 2.45) is 0 Å². The highest BCUT2D eigenvalue weighted by Crippen LogP contribution is 2.23. The van der Waals surface area contributed by atoms with E-state index in [0.717, 1.165) is 11.1 Å². The molecule has 0 aliphatic carbocycles. The quantitative estimate of drug-likeness (QED) is 0.818. The van der Waals surface area contributed by atoms with Crippen molar-refractivity contribution in [1.82, 2.24) is 4.90 Å². The van der Waals surface area contributed by atoms with Crippen LogP contribution in [0.3, 0.4) is 0 Å². The molecule has 0 saturated heterocycles. The van der Waals surface area contributed by atoms with Crippen LogP contribution in [-0.2, 0) is 17.9 Å². The van der Waals surface area contributed by atoms with Crippen LogP contribution >= 0.6 is 11.6 Å². The van der Waals surface area contributed by atoms with Crippen molar-refractivity contribution in [3.05, 3.63) is 64.7 Å². The molecule has 0 spiro atoms. The van der Waals surface area contributed by atoms with Crippen LogP contribution in [0.2, 0.25) is 5.02 Å². The van der Waals surface area contributed by atoms with Crippen LogP contribution in [-0.4, -0.2) is 29.0 Å². The Morgan fingerprint density at radius 1 is 1.17 bits per heavy atom. The van der Waals surface area contributed by atoms with E-state index in [0.29, 0.717) is 23.8 Å². The number of amides is 1. The van der Waals surface area contributed by atoms with Gasteiger partial charge in [0.2, 0.25) is 5.91 Å². The van der Waals surface area contributed by atoms with Crippen LogP contribution in [0.15, 0.2) is 48.5 Å². The third-order valence-corrected chi connectivity index (χ3v) is 3.92. The van der Waals surface area contributed by atoms with Gasteiger partial charge in [0.15, 0.2) is 0 Å². The van der Waals surface area contributed by atoms with Gasteiger partial charge in [-0.15, -0.1) is 0 Å². The number of likely N-dealkylation sites (N-methyl/N-ethyl adjacent to an activating group) is 1. The smallest absolute Gasteiger partial charge is 0.242 e. The lowest BCUT2D eigenvalue weighted by Crippen LogP contribution is -2.35. The number of aliphatic hydroxyl groups excluding tert-OH is 1. The number of hydrogen-bond donors (Lipinski definition) is 2. The number of aliphatic hydroxyl groups is 1. The van der Waals surface area contributed by atoms with Gasteiger partial charge in [0.1, 0.15) is 0 Å². The van der Waals surface area contributed by atoms with E-state index in [1.54, 1.807) is 23.1 Å². The Labute approximate surface area is 141 Å². The van der Waals surface area contributed by atoms with Crippen LogP contribution in [0.4, 0.5) is 5.69 Å². The first-order valence-corrected chi connectivity index (χ1v) is 7.96. The summed E-state index contributed by atoms with van der Waals surface area (Å²) in [5, 5.41) is 12.8. The molecule has 0 aromatic heterocycles. The molecule has 0 aliphatic heterocycles. The Balaban J connectivity index is 1.97. The lowest BCUT2D eigenvalue weighted by molar-refractivity contribution is -0.129. The molecule has 5 heteroatoms. The minimum atomic E-state index is -0.0606. The highest BCUT2D eigenvalue weighted by atomic mass is 35.5. The number of nitrogens with zero attached hydrogens (tertiary/aromatic N) is 1. The van der Waals surface area contributed by atoms with Crippen LogP contribution in [0.25, 0.3) is 0 Å². The molecule has 2 rings (SSSR count). The van der Waals surface area contributed by atoms with Gasteiger partial charge >= 0.3 is 0 Å². The molecule has 2 aromatic rings. The highest BCUT2D eigenvalue weighted by molar-refractivity contribution is 6.33. The van der Waals surface area contributed by atoms with E-state index < -0.39 is 0 Å². The van der Waals surface area contributed by atoms with Crippen molar-refractivity contribution >= 4 is 23.2 Å². The second-order valence-electron chi connectivity index (χ2n) is 5.22. The summed E-state index contributed by atoms with van der Waals surface area (Å²) in [6.07, 6.45) is 0. The second kappa shape index (κ2) is 8.56. The van der Waals surface area contributed by atoms with Gasteiger partial charge in [0.05, 0.1) is 23.9 Å². The van der Waals surface area contributed by atoms with Gasteiger partial charge in [-0.05, 0) is 30.2 Å². The van der Waals surface area contributed by atoms with E-state index in [4.69, 9.17) is 11.6 Å². The van der Waals surface area contributed by atoms with Gasteiger partial charge in [-0.3, -0.25) is 4.79 Å². The predicted octanol–water partition coefficient (Wildman–Crippen LogP) is 3.29. The molecule has 0 bridgehead atoms. The largest absolute Gasteiger partial charge is 0.392 e. The SMILES string of the molecule is CCN(Cc1ccccc1)C(=O)CNc1cc(CO)ccc1Cl. The van der Waals surface area contributed by atoms with E-state index in [9.17, 15) is 9.90 Å². The Morgan fingerprint density at radius 3 is 2.57 bits per heavy atom. The molecule has 2 aromatic carbocycles. The normalized spacial score (nSPS) is 10.4. The van der Waals surface area contributed by atoms with Gasteiger partial charge in [0, 0.05) is 13.1 Å². The molecule has 0 heterocycles. The van der Waals surface area contributed by atoms with Gasteiger partial charge in [-0.25, -0.2) is 0 Å². The average Bonchev–Trinajstić information content (AvgIpc) is 2.59. The molecule has 0 radical (unpaired) electrons. The Bertz CT molecular complexity index is 647. The summed E-state index contributed by atoms with van der Waals surface area (Å²) in [7, 11) is 0. The number of halogens is 1. The van der Waals surface area contributed by atoms with E-state index in [1.807, 2.05) is 37.3 Å². The van der Waals surface area contributed by atoms with E-state index in [1.165, 1.54) is 0 Å². The number of anilines is 1. The fraction of sp³-hybridized carbons (Fsp3) is 0.278. The van der Waals surface area contributed by atoms with Gasteiger partial charge < -0.3 is 15.3 Å². The summed E-state index contributed by atoms with van der Waals surface area (Å²) in [6.45, 7) is 3.28. The van der Waals surface area contributed by atoms with Gasteiger partial charge in [-0.2, -0.15) is 0 Å². The number of nitrogens with one attached hydrogen (secondary N) is 1. The number of benzene rings is 2. The Morgan fingerprint density at radius 2 is 1.91 bits per heavy atom. The maximum absolute atomic E-state index is 12.4. The third-order valence-electron chi connectivity index (χ3n) is 3.59. The molecule has 0 saturated carbocycles. The molecular formula is C18H21ClN2O2. The monoisotopic (exact) mass is 332 g/mol. The molecule has 23 heavy (non-hydrogen) atoms. The first-order valence-electron chi connectivity index (χ1n) is 7.59. The average molecular weight is 333 g/mol. The molecule has 0 atom stereocenters. The summed E-state index contributed by atoms with van der Waals surface area (Å²) in [5.41, 5.74) is 2.51. The molecule has 2 N–H and O–H groups in total. The molecule has 4 nitrogen and oxygen atoms in total. The molecule has 1 amide bonds. The van der Waals surface area contributed by atoms with Crippen LogP contribution < -0.4 is 5.32 Å². The van der Waals surface area contributed by atoms with E-state index in [2.05, 4.69) is 5.32 Å². The molecule has 0 aliphatic rings. The zero-order valence-corrected chi connectivity index (χ0v) is 13.9. The zero-order valence-electron chi connectivity index (χ0n) is 13.1. The second-order valence-corrected chi connectivity index (χ2v) is 5.63. The van der Waals surface area contributed by atoms with Crippen LogP contribution in [0.1, 0.15) is 18.1 Å². The lowest BCUT2D eigenvalue weighted by atomic mass is 10.2. The molecule has 0 fully saturated rings. The molecule has 0 unspecified atom stereocenters. The number of rotatable bonds is 7. The topological polar surface area (TPSA) is 52.6 Å². The maximum Gasteiger partial charge on any atom is 0.242 e. The minimum absolute atomic E-state index is 0.00169. The molecular weight excluding hydrogens is 312 g/mol. The number of hydrogen-bond acceptors (Lipinski definition) is 3. The minimum Gasteiger partial charge on any atom is -0.392 e. The van der Waals surface area contributed by atoms with Gasteiger partial charge in [-0.1, -0.05) is 48.0 Å². The molecule has 122 valence electrons. The summed E-state index contributed by atoms with van der Waals surface area (Å²) >= 11 is 6.11. The highest BCUT2D eigenvalue weighted by Gasteiger charge is 2.12. The van der Waals surface area contributed by atoms with Crippen molar-refractivity contribution in [3.8, 4) is 0 Å². The van der Waals surface area contributed by atoms with E-state index >= 15 is 0 Å². The first kappa shape index (κ1) is 17.3. The van der Waals surface area contributed by atoms with E-state index in [-0.39, 0.29) is 19.1 Å². The predicted molar refractivity (Wildman–Crippen MR) is 93.4 cm³/mol. The van der Waals surface area contributed by atoms with Crippen molar-refractivity contribution in [2.45, 2.75) is 20.1 Å². The van der Waals surface area contributed by atoms with Crippen molar-refractivity contribution in [2.75, 3.05) is 18.4 Å². The van der Waals surface area contributed by atoms with Crippen molar-refractivity contribution in [1.29, 1.82) is 0 Å².